The zero-order valence-corrected chi connectivity index (χ0v) is 13.2. The van der Waals surface area contributed by atoms with E-state index in [4.69, 9.17) is 5.11 Å². The number of pyridine rings is 1. The predicted molar refractivity (Wildman–Crippen MR) is 87.7 cm³/mol. The lowest BCUT2D eigenvalue weighted by molar-refractivity contribution is 0.0695. The summed E-state index contributed by atoms with van der Waals surface area (Å²) in [5.41, 5.74) is -0.185. The van der Waals surface area contributed by atoms with Gasteiger partial charge in [-0.1, -0.05) is 0 Å². The fourth-order valence-corrected chi connectivity index (χ4v) is 2.55. The molecule has 0 bridgehead atoms. The average molecular weight is 324 g/mol. The Bertz CT molecular complexity index is 773. The van der Waals surface area contributed by atoms with Crippen molar-refractivity contribution in [2.24, 2.45) is 0 Å². The number of nitrogens with zero attached hydrogens (tertiary/aromatic N) is 1. The Morgan fingerprint density at radius 2 is 2.18 bits per heavy atom. The highest BCUT2D eigenvalue weighted by Gasteiger charge is 2.16. The summed E-state index contributed by atoms with van der Waals surface area (Å²) in [6.07, 6.45) is 3.26. The van der Waals surface area contributed by atoms with Gasteiger partial charge in [0.15, 0.2) is 0 Å². The van der Waals surface area contributed by atoms with Crippen molar-refractivity contribution in [2.75, 3.05) is 23.9 Å². The Balaban J connectivity index is 2.64. The van der Waals surface area contributed by atoms with Crippen molar-refractivity contribution in [1.82, 2.24) is 4.57 Å². The highest BCUT2D eigenvalue weighted by molar-refractivity contribution is 7.98. The number of thioether (sulfide) groups is 1. The lowest BCUT2D eigenvalue weighted by Crippen LogP contribution is -2.19. The molecule has 2 aromatic rings. The van der Waals surface area contributed by atoms with E-state index < -0.39 is 17.2 Å². The number of hydrogen-bond donors (Lipinski definition) is 2. The first kappa shape index (κ1) is 16.4. The lowest BCUT2D eigenvalue weighted by Gasteiger charge is -2.13. The van der Waals surface area contributed by atoms with E-state index in [0.29, 0.717) is 24.3 Å². The molecule has 1 heterocycles. The number of aromatic carboxylic acids is 1. The minimum atomic E-state index is -1.31. The van der Waals surface area contributed by atoms with Crippen LogP contribution < -0.4 is 10.7 Å². The van der Waals surface area contributed by atoms with Crippen molar-refractivity contribution in [3.63, 3.8) is 0 Å². The van der Waals surface area contributed by atoms with Crippen LogP contribution in [-0.4, -0.2) is 34.2 Å². The molecule has 7 heteroatoms. The fourth-order valence-electron chi connectivity index (χ4n) is 2.25. The van der Waals surface area contributed by atoms with Gasteiger partial charge in [-0.25, -0.2) is 9.18 Å². The second-order valence-corrected chi connectivity index (χ2v) is 5.72. The zero-order valence-electron chi connectivity index (χ0n) is 12.4. The molecule has 118 valence electrons. The van der Waals surface area contributed by atoms with Crippen LogP contribution in [0.5, 0.6) is 0 Å². The van der Waals surface area contributed by atoms with E-state index in [1.807, 2.05) is 13.2 Å². The second-order valence-electron chi connectivity index (χ2n) is 4.73. The standard InChI is InChI=1S/C15H17FN2O3S/c1-3-18-8-10(15(20)21)14(19)9-6-11(16)12(7-13(9)18)17-4-5-22-2/h6-8,17H,3-5H2,1-2H3,(H,20,21). The summed E-state index contributed by atoms with van der Waals surface area (Å²) in [5, 5.41) is 12.2. The number of fused-ring (bicyclic) bond motifs is 1. The number of aromatic nitrogens is 1. The Morgan fingerprint density at radius 1 is 1.45 bits per heavy atom. The van der Waals surface area contributed by atoms with Crippen LogP contribution in [0.25, 0.3) is 10.9 Å². The molecule has 5 nitrogen and oxygen atoms in total. The number of benzene rings is 1. The number of carboxylic acids is 1. The van der Waals surface area contributed by atoms with Gasteiger partial charge in [0, 0.05) is 30.4 Å². The van der Waals surface area contributed by atoms with Crippen LogP contribution >= 0.6 is 11.8 Å². The third kappa shape index (κ3) is 3.09. The van der Waals surface area contributed by atoms with Crippen LogP contribution in [0.2, 0.25) is 0 Å². The lowest BCUT2D eigenvalue weighted by atomic mass is 10.1. The predicted octanol–water partition coefficient (Wildman–Crippen LogP) is 2.63. The first-order chi connectivity index (χ1) is 10.5. The maximum absolute atomic E-state index is 14.1. The van der Waals surface area contributed by atoms with Gasteiger partial charge in [0.1, 0.15) is 11.4 Å². The molecule has 0 aliphatic heterocycles. The molecule has 0 saturated heterocycles. The first-order valence-electron chi connectivity index (χ1n) is 6.82. The molecule has 0 atom stereocenters. The molecule has 2 rings (SSSR count). The van der Waals surface area contributed by atoms with Crippen molar-refractivity contribution in [3.05, 3.63) is 39.9 Å². The molecular formula is C15H17FN2O3S. The number of carbonyl (C=O) groups is 1. The Labute approximate surface area is 131 Å². The SMILES string of the molecule is CCn1cc(C(=O)O)c(=O)c2cc(F)c(NCCSC)cc21. The molecule has 0 spiro atoms. The molecule has 0 fully saturated rings. The van der Waals surface area contributed by atoms with Gasteiger partial charge in [-0.05, 0) is 25.3 Å². The van der Waals surface area contributed by atoms with Crippen molar-refractivity contribution >= 4 is 34.3 Å². The Kier molecular flexibility index (Phi) is 5.07. The second kappa shape index (κ2) is 6.83. The molecule has 1 aromatic heterocycles. The number of carboxylic acid groups (broad SMARTS) is 1. The van der Waals surface area contributed by atoms with Crippen LogP contribution in [0.4, 0.5) is 10.1 Å². The molecule has 0 unspecified atom stereocenters. The van der Waals surface area contributed by atoms with E-state index in [9.17, 15) is 14.0 Å². The van der Waals surface area contributed by atoms with Gasteiger partial charge in [0.25, 0.3) is 0 Å². The van der Waals surface area contributed by atoms with E-state index in [1.54, 1.807) is 22.4 Å². The van der Waals surface area contributed by atoms with Gasteiger partial charge in [0.2, 0.25) is 5.43 Å². The minimum Gasteiger partial charge on any atom is -0.477 e. The summed E-state index contributed by atoms with van der Waals surface area (Å²) in [6, 6.07) is 2.67. The van der Waals surface area contributed by atoms with Crippen LogP contribution in [0.3, 0.4) is 0 Å². The van der Waals surface area contributed by atoms with E-state index in [-0.39, 0.29) is 10.9 Å². The summed E-state index contributed by atoms with van der Waals surface area (Å²) in [6.45, 7) is 2.92. The van der Waals surface area contributed by atoms with Gasteiger partial charge in [-0.2, -0.15) is 11.8 Å². The van der Waals surface area contributed by atoms with Gasteiger partial charge < -0.3 is 15.0 Å². The number of nitrogens with one attached hydrogen (secondary N) is 1. The van der Waals surface area contributed by atoms with Crippen LogP contribution in [0.1, 0.15) is 17.3 Å². The van der Waals surface area contributed by atoms with Crippen molar-refractivity contribution in [3.8, 4) is 0 Å². The third-order valence-electron chi connectivity index (χ3n) is 3.36. The maximum Gasteiger partial charge on any atom is 0.341 e. The van der Waals surface area contributed by atoms with Crippen LogP contribution in [-0.2, 0) is 6.54 Å². The molecule has 0 radical (unpaired) electrons. The Hall–Kier alpha value is -2.02. The van der Waals surface area contributed by atoms with Crippen molar-refractivity contribution in [2.45, 2.75) is 13.5 Å². The van der Waals surface area contributed by atoms with Crippen molar-refractivity contribution in [1.29, 1.82) is 0 Å². The normalized spacial score (nSPS) is 10.9. The molecule has 0 aliphatic carbocycles. The summed E-state index contributed by atoms with van der Waals surface area (Å²) < 4.78 is 15.8. The molecule has 22 heavy (non-hydrogen) atoms. The van der Waals surface area contributed by atoms with Crippen molar-refractivity contribution < 1.29 is 14.3 Å². The monoisotopic (exact) mass is 324 g/mol. The number of hydrogen-bond acceptors (Lipinski definition) is 4. The third-order valence-corrected chi connectivity index (χ3v) is 3.97. The molecule has 0 amide bonds. The minimum absolute atomic E-state index is 0.0784. The first-order valence-corrected chi connectivity index (χ1v) is 8.21. The van der Waals surface area contributed by atoms with E-state index in [1.165, 1.54) is 6.20 Å². The molecular weight excluding hydrogens is 307 g/mol. The summed E-state index contributed by atoms with van der Waals surface area (Å²) in [7, 11) is 0. The largest absolute Gasteiger partial charge is 0.477 e. The van der Waals surface area contributed by atoms with Gasteiger partial charge >= 0.3 is 5.97 Å². The molecule has 1 aromatic carbocycles. The molecule has 0 aliphatic rings. The number of anilines is 1. The van der Waals surface area contributed by atoms with Gasteiger partial charge in [-0.15, -0.1) is 0 Å². The van der Waals surface area contributed by atoms with Crippen LogP contribution in [0, 0.1) is 5.82 Å². The topological polar surface area (TPSA) is 71.3 Å². The summed E-state index contributed by atoms with van der Waals surface area (Å²) in [5.74, 6) is -1.04. The summed E-state index contributed by atoms with van der Waals surface area (Å²) >= 11 is 1.64. The highest BCUT2D eigenvalue weighted by atomic mass is 32.2. The smallest absolute Gasteiger partial charge is 0.341 e. The number of halogens is 1. The van der Waals surface area contributed by atoms with E-state index in [2.05, 4.69) is 5.32 Å². The van der Waals surface area contributed by atoms with Gasteiger partial charge in [0.05, 0.1) is 11.2 Å². The molecule has 0 saturated carbocycles. The number of rotatable bonds is 6. The molecule has 2 N–H and O–H groups in total. The van der Waals surface area contributed by atoms with Crippen LogP contribution in [0.15, 0.2) is 23.1 Å². The van der Waals surface area contributed by atoms with E-state index >= 15 is 0 Å². The van der Waals surface area contributed by atoms with E-state index in [0.717, 1.165) is 11.8 Å². The Morgan fingerprint density at radius 3 is 2.77 bits per heavy atom. The quantitative estimate of drug-likeness (QED) is 0.799. The maximum atomic E-state index is 14.1. The fraction of sp³-hybridized carbons (Fsp3) is 0.333. The van der Waals surface area contributed by atoms with Gasteiger partial charge in [-0.3, -0.25) is 4.79 Å². The highest BCUT2D eigenvalue weighted by Crippen LogP contribution is 2.22. The zero-order chi connectivity index (χ0) is 16.3. The number of aryl methyl sites for hydroxylation is 1. The summed E-state index contributed by atoms with van der Waals surface area (Å²) in [4.78, 5) is 23.3. The average Bonchev–Trinajstić information content (AvgIpc) is 2.49.